The second-order valence-electron chi connectivity index (χ2n) is 9.52. The molecule has 1 amide bonds. The average Bonchev–Trinajstić information content (AvgIpc) is 2.59. The number of nitrogens with zero attached hydrogens (tertiary/aromatic N) is 3. The molecular formula is C22H36N4O3. The number of carbonyl (C=O) groups excluding carboxylic acids is 1. The van der Waals surface area contributed by atoms with Crippen molar-refractivity contribution in [1.29, 1.82) is 0 Å². The van der Waals surface area contributed by atoms with Gasteiger partial charge in [-0.05, 0) is 53.0 Å². The Hall–Kier alpha value is -2.15. The maximum Gasteiger partial charge on any atom is 0.330 e. The van der Waals surface area contributed by atoms with Crippen LogP contribution in [0.25, 0.3) is 6.08 Å². The molecule has 7 nitrogen and oxygen atoms in total. The lowest BCUT2D eigenvalue weighted by molar-refractivity contribution is -0.130. The Kier molecular flexibility index (Phi) is 6.93. The molecule has 7 heteroatoms. The number of hydrogen-bond acceptors (Lipinski definition) is 4. The topological polar surface area (TPSA) is 76.3 Å². The molecule has 29 heavy (non-hydrogen) atoms. The fourth-order valence-electron chi connectivity index (χ4n) is 4.50. The lowest BCUT2D eigenvalue weighted by atomic mass is 9.79. The molecule has 0 aromatic carbocycles. The number of carbonyl (C=O) groups is 1. The van der Waals surface area contributed by atoms with Crippen LogP contribution in [0.1, 0.15) is 65.9 Å². The van der Waals surface area contributed by atoms with Gasteiger partial charge in [0.15, 0.2) is 0 Å². The zero-order chi connectivity index (χ0) is 22.0. The number of rotatable bonds is 6. The van der Waals surface area contributed by atoms with Crippen LogP contribution in [-0.2, 0) is 18.9 Å². The zero-order valence-corrected chi connectivity index (χ0v) is 18.9. The summed E-state index contributed by atoms with van der Waals surface area (Å²) in [6.45, 7) is 11.5. The number of aryl methyl sites for hydroxylation is 1. The third kappa shape index (κ3) is 5.69. The molecule has 0 saturated carbocycles. The lowest BCUT2D eigenvalue weighted by Gasteiger charge is -2.49. The van der Waals surface area contributed by atoms with Gasteiger partial charge in [-0.2, -0.15) is 0 Å². The van der Waals surface area contributed by atoms with E-state index in [4.69, 9.17) is 0 Å². The quantitative estimate of drug-likeness (QED) is 0.736. The van der Waals surface area contributed by atoms with Crippen molar-refractivity contribution in [3.05, 3.63) is 38.7 Å². The molecular weight excluding hydrogens is 368 g/mol. The maximum absolute atomic E-state index is 13.1. The summed E-state index contributed by atoms with van der Waals surface area (Å²) >= 11 is 0. The number of amides is 1. The van der Waals surface area contributed by atoms with Gasteiger partial charge < -0.3 is 14.8 Å². The molecule has 1 aromatic heterocycles. The fraction of sp³-hybridized carbons (Fsp3) is 0.682. The van der Waals surface area contributed by atoms with Crippen LogP contribution in [0.5, 0.6) is 0 Å². The van der Waals surface area contributed by atoms with Crippen molar-refractivity contribution >= 4 is 12.0 Å². The van der Waals surface area contributed by atoms with Crippen LogP contribution in [0.15, 0.2) is 21.9 Å². The molecule has 0 radical (unpaired) electrons. The minimum atomic E-state index is -0.401. The Labute approximate surface area is 173 Å². The van der Waals surface area contributed by atoms with E-state index in [0.717, 1.165) is 30.3 Å². The Morgan fingerprint density at radius 1 is 1.21 bits per heavy atom. The summed E-state index contributed by atoms with van der Waals surface area (Å²) < 4.78 is 2.40. The van der Waals surface area contributed by atoms with Gasteiger partial charge in [0.2, 0.25) is 5.91 Å². The predicted molar refractivity (Wildman–Crippen MR) is 117 cm³/mol. The van der Waals surface area contributed by atoms with Crippen LogP contribution in [0.4, 0.5) is 0 Å². The summed E-state index contributed by atoms with van der Waals surface area (Å²) in [7, 11) is 3.03. The van der Waals surface area contributed by atoms with Gasteiger partial charge in [0.05, 0.1) is 5.56 Å². The van der Waals surface area contributed by atoms with E-state index in [2.05, 4.69) is 39.9 Å². The molecule has 0 bridgehead atoms. The summed E-state index contributed by atoms with van der Waals surface area (Å²) in [5, 5.41) is 3.66. The van der Waals surface area contributed by atoms with Crippen LogP contribution in [0, 0.1) is 0 Å². The highest BCUT2D eigenvalue weighted by Crippen LogP contribution is 2.32. The van der Waals surface area contributed by atoms with E-state index in [1.54, 1.807) is 7.05 Å². The van der Waals surface area contributed by atoms with Crippen molar-refractivity contribution in [2.75, 3.05) is 6.54 Å². The Balaban J connectivity index is 2.31. The summed E-state index contributed by atoms with van der Waals surface area (Å²) in [6.07, 6.45) is 8.17. The highest BCUT2D eigenvalue weighted by molar-refractivity contribution is 5.92. The predicted octanol–water partition coefficient (Wildman–Crippen LogP) is 2.04. The monoisotopic (exact) mass is 404 g/mol. The largest absolute Gasteiger partial charge is 0.336 e. The number of unbranched alkanes of at least 4 members (excludes halogenated alkanes) is 1. The molecule has 0 atom stereocenters. The van der Waals surface area contributed by atoms with Gasteiger partial charge in [0, 0.05) is 50.0 Å². The SMILES string of the molecule is CCCCN(C(=O)/C=C/c1cn(C)c(=O)n(C)c1=O)C1CC(C)(C)NC(C)(C)C1. The zero-order valence-electron chi connectivity index (χ0n) is 18.9. The number of piperidine rings is 1. The van der Waals surface area contributed by atoms with Crippen molar-refractivity contribution in [2.24, 2.45) is 14.1 Å². The van der Waals surface area contributed by atoms with Crippen LogP contribution in [0.2, 0.25) is 0 Å². The smallest absolute Gasteiger partial charge is 0.330 e. The first-order chi connectivity index (χ1) is 13.4. The first kappa shape index (κ1) is 23.1. The third-order valence-electron chi connectivity index (χ3n) is 5.52. The Morgan fingerprint density at radius 3 is 2.34 bits per heavy atom. The van der Waals surface area contributed by atoms with E-state index < -0.39 is 5.56 Å². The van der Waals surface area contributed by atoms with Crippen molar-refractivity contribution in [2.45, 2.75) is 77.4 Å². The van der Waals surface area contributed by atoms with Gasteiger partial charge in [-0.25, -0.2) is 4.79 Å². The minimum absolute atomic E-state index is 0.0610. The van der Waals surface area contributed by atoms with Crippen molar-refractivity contribution in [3.63, 3.8) is 0 Å². The van der Waals surface area contributed by atoms with Crippen LogP contribution < -0.4 is 16.6 Å². The summed E-state index contributed by atoms with van der Waals surface area (Å²) in [4.78, 5) is 39.3. The van der Waals surface area contributed by atoms with Gasteiger partial charge in [-0.3, -0.25) is 14.2 Å². The molecule has 1 aliphatic heterocycles. The first-order valence-electron chi connectivity index (χ1n) is 10.4. The van der Waals surface area contributed by atoms with Crippen LogP contribution in [-0.4, -0.2) is 43.6 Å². The second-order valence-corrected chi connectivity index (χ2v) is 9.52. The van der Waals surface area contributed by atoms with Gasteiger partial charge in [0.1, 0.15) is 0 Å². The minimum Gasteiger partial charge on any atom is -0.336 e. The number of aromatic nitrogens is 2. The first-order valence-corrected chi connectivity index (χ1v) is 10.4. The second kappa shape index (κ2) is 8.69. The van der Waals surface area contributed by atoms with Crippen LogP contribution >= 0.6 is 0 Å². The Bertz CT molecular complexity index is 876. The average molecular weight is 405 g/mol. The highest BCUT2D eigenvalue weighted by Gasteiger charge is 2.40. The number of nitrogens with one attached hydrogen (secondary N) is 1. The van der Waals surface area contributed by atoms with Gasteiger partial charge in [0.25, 0.3) is 5.56 Å². The Morgan fingerprint density at radius 2 is 1.79 bits per heavy atom. The van der Waals surface area contributed by atoms with E-state index >= 15 is 0 Å². The van der Waals surface area contributed by atoms with E-state index in [1.807, 2.05) is 4.90 Å². The normalized spacial score (nSPS) is 18.9. The molecule has 1 fully saturated rings. The maximum atomic E-state index is 13.1. The molecule has 0 unspecified atom stereocenters. The van der Waals surface area contributed by atoms with E-state index in [1.165, 1.54) is 30.0 Å². The molecule has 2 heterocycles. The molecule has 0 aliphatic carbocycles. The fourth-order valence-corrected chi connectivity index (χ4v) is 4.50. The molecule has 1 aliphatic rings. The van der Waals surface area contributed by atoms with Crippen molar-refractivity contribution in [3.8, 4) is 0 Å². The lowest BCUT2D eigenvalue weighted by Crippen LogP contribution is -2.62. The van der Waals surface area contributed by atoms with E-state index in [0.29, 0.717) is 12.1 Å². The third-order valence-corrected chi connectivity index (χ3v) is 5.52. The molecule has 1 aromatic rings. The van der Waals surface area contributed by atoms with Gasteiger partial charge >= 0.3 is 5.69 Å². The molecule has 0 spiro atoms. The summed E-state index contributed by atoms with van der Waals surface area (Å²) in [6, 6.07) is 0.132. The van der Waals surface area contributed by atoms with Gasteiger partial charge in [-0.1, -0.05) is 13.3 Å². The van der Waals surface area contributed by atoms with Crippen molar-refractivity contribution < 1.29 is 4.79 Å². The summed E-state index contributed by atoms with van der Waals surface area (Å²) in [5.41, 5.74) is -0.587. The molecule has 162 valence electrons. The standard InChI is InChI=1S/C22H36N4O3/c1-8-9-12-26(17-13-21(2,3)23-22(4,5)14-17)18(27)11-10-16-15-24(6)20(29)25(7)19(16)28/h10-11,15,17,23H,8-9,12-14H2,1-7H3/b11-10+. The van der Waals surface area contributed by atoms with Gasteiger partial charge in [-0.15, -0.1) is 0 Å². The van der Waals surface area contributed by atoms with E-state index in [9.17, 15) is 14.4 Å². The number of hydrogen-bond donors (Lipinski definition) is 1. The molecule has 2 rings (SSSR count). The van der Waals surface area contributed by atoms with Crippen molar-refractivity contribution in [1.82, 2.24) is 19.4 Å². The highest BCUT2D eigenvalue weighted by atomic mass is 16.2. The van der Waals surface area contributed by atoms with Crippen LogP contribution in [0.3, 0.4) is 0 Å². The van der Waals surface area contributed by atoms with E-state index in [-0.39, 0.29) is 28.7 Å². The summed E-state index contributed by atoms with van der Waals surface area (Å²) in [5.74, 6) is -0.0899. The molecule has 1 saturated heterocycles. The molecule has 1 N–H and O–H groups in total.